The van der Waals surface area contributed by atoms with Gasteiger partial charge in [0, 0.05) is 12.6 Å². The van der Waals surface area contributed by atoms with Crippen molar-refractivity contribution >= 4 is 18.3 Å². The molecule has 2 rings (SSSR count). The Kier molecular flexibility index (Phi) is 6.80. The van der Waals surface area contributed by atoms with Gasteiger partial charge >= 0.3 is 0 Å². The fourth-order valence-electron chi connectivity index (χ4n) is 3.74. The first-order valence-electron chi connectivity index (χ1n) is 8.18. The Morgan fingerprint density at radius 2 is 1.80 bits per heavy atom. The minimum Gasteiger partial charge on any atom is -0.353 e. The van der Waals surface area contributed by atoms with E-state index in [4.69, 9.17) is 5.73 Å². The highest BCUT2D eigenvalue weighted by molar-refractivity contribution is 5.85. The van der Waals surface area contributed by atoms with Crippen molar-refractivity contribution in [2.45, 2.75) is 71.3 Å². The number of hydrogen-bond acceptors (Lipinski definition) is 2. The molecule has 1 amide bonds. The Labute approximate surface area is 129 Å². The van der Waals surface area contributed by atoms with Crippen LogP contribution in [0.2, 0.25) is 0 Å². The summed E-state index contributed by atoms with van der Waals surface area (Å²) in [6.07, 6.45) is 9.81. The molecule has 0 aromatic heterocycles. The van der Waals surface area contributed by atoms with Crippen LogP contribution in [0.3, 0.4) is 0 Å². The maximum Gasteiger partial charge on any atom is 0.227 e. The summed E-state index contributed by atoms with van der Waals surface area (Å²) in [5.41, 5.74) is 5.51. The standard InChI is InChI=1S/C16H30N2O.ClH/c1-3-16(4-2,11-17)15(19)18-14-10-13(14)12-8-6-5-7-9-12;/h12-14H,3-11,17H2,1-2H3,(H,18,19);1H. The van der Waals surface area contributed by atoms with Crippen molar-refractivity contribution in [2.24, 2.45) is 23.0 Å². The number of amides is 1. The second-order valence-electron chi connectivity index (χ2n) is 6.57. The molecule has 3 N–H and O–H groups in total. The van der Waals surface area contributed by atoms with Gasteiger partial charge in [-0.2, -0.15) is 0 Å². The Morgan fingerprint density at radius 1 is 1.20 bits per heavy atom. The molecule has 4 heteroatoms. The molecular formula is C16H31ClN2O. The monoisotopic (exact) mass is 302 g/mol. The average Bonchev–Trinajstić information content (AvgIpc) is 3.22. The molecule has 0 heterocycles. The molecule has 0 aromatic rings. The van der Waals surface area contributed by atoms with E-state index in [1.807, 2.05) is 0 Å². The van der Waals surface area contributed by atoms with Crippen molar-refractivity contribution in [3.8, 4) is 0 Å². The van der Waals surface area contributed by atoms with Crippen LogP contribution in [0.1, 0.15) is 65.2 Å². The first-order chi connectivity index (χ1) is 9.16. The van der Waals surface area contributed by atoms with E-state index in [0.29, 0.717) is 12.6 Å². The number of nitrogens with one attached hydrogen (secondary N) is 1. The van der Waals surface area contributed by atoms with Gasteiger partial charge in [0.15, 0.2) is 0 Å². The van der Waals surface area contributed by atoms with Gasteiger partial charge in [-0.3, -0.25) is 4.79 Å². The number of carbonyl (C=O) groups excluding carboxylic acids is 1. The van der Waals surface area contributed by atoms with E-state index in [-0.39, 0.29) is 23.7 Å². The van der Waals surface area contributed by atoms with Gasteiger partial charge in [0.1, 0.15) is 0 Å². The number of carbonyl (C=O) groups is 1. The van der Waals surface area contributed by atoms with Crippen LogP contribution >= 0.6 is 12.4 Å². The van der Waals surface area contributed by atoms with Crippen molar-refractivity contribution in [1.29, 1.82) is 0 Å². The highest BCUT2D eigenvalue weighted by Crippen LogP contribution is 2.44. The quantitative estimate of drug-likeness (QED) is 0.791. The molecule has 0 bridgehead atoms. The van der Waals surface area contributed by atoms with Crippen LogP contribution in [-0.2, 0) is 4.79 Å². The molecule has 2 saturated carbocycles. The maximum absolute atomic E-state index is 12.4. The lowest BCUT2D eigenvalue weighted by molar-refractivity contribution is -0.131. The first kappa shape index (κ1) is 17.8. The van der Waals surface area contributed by atoms with Gasteiger partial charge in [0.25, 0.3) is 0 Å². The van der Waals surface area contributed by atoms with Crippen LogP contribution in [0.5, 0.6) is 0 Å². The Morgan fingerprint density at radius 3 is 2.30 bits per heavy atom. The summed E-state index contributed by atoms with van der Waals surface area (Å²) in [5.74, 6) is 1.83. The predicted octanol–water partition coefficient (Wildman–Crippen LogP) is 3.26. The topological polar surface area (TPSA) is 55.1 Å². The van der Waals surface area contributed by atoms with Crippen LogP contribution < -0.4 is 11.1 Å². The largest absolute Gasteiger partial charge is 0.353 e. The van der Waals surface area contributed by atoms with Crippen molar-refractivity contribution in [3.63, 3.8) is 0 Å². The molecule has 2 fully saturated rings. The highest BCUT2D eigenvalue weighted by Gasteiger charge is 2.46. The third kappa shape index (κ3) is 3.67. The van der Waals surface area contributed by atoms with Gasteiger partial charge in [0.2, 0.25) is 5.91 Å². The third-order valence-electron chi connectivity index (χ3n) is 5.64. The molecule has 2 unspecified atom stereocenters. The minimum atomic E-state index is -0.334. The van der Waals surface area contributed by atoms with Crippen molar-refractivity contribution < 1.29 is 4.79 Å². The normalized spacial score (nSPS) is 26.8. The first-order valence-corrected chi connectivity index (χ1v) is 8.18. The van der Waals surface area contributed by atoms with E-state index >= 15 is 0 Å². The zero-order valence-electron chi connectivity index (χ0n) is 13.0. The van der Waals surface area contributed by atoms with E-state index in [0.717, 1.165) is 24.7 Å². The molecule has 0 spiro atoms. The molecule has 0 aliphatic heterocycles. The molecule has 118 valence electrons. The Bertz CT molecular complexity index is 303. The number of nitrogens with two attached hydrogens (primary N) is 1. The third-order valence-corrected chi connectivity index (χ3v) is 5.64. The smallest absolute Gasteiger partial charge is 0.227 e. The summed E-state index contributed by atoms with van der Waals surface area (Å²) in [5, 5.41) is 3.28. The maximum atomic E-state index is 12.4. The van der Waals surface area contributed by atoms with Gasteiger partial charge < -0.3 is 11.1 Å². The fourth-order valence-corrected chi connectivity index (χ4v) is 3.74. The summed E-state index contributed by atoms with van der Waals surface area (Å²) in [4.78, 5) is 12.4. The molecule has 0 radical (unpaired) electrons. The fraction of sp³-hybridized carbons (Fsp3) is 0.938. The SMILES string of the molecule is CCC(CC)(CN)C(=O)NC1CC1C1CCCCC1.Cl. The van der Waals surface area contributed by atoms with Crippen LogP contribution in [0.15, 0.2) is 0 Å². The average molecular weight is 303 g/mol. The molecule has 0 saturated heterocycles. The van der Waals surface area contributed by atoms with Gasteiger partial charge in [-0.25, -0.2) is 0 Å². The number of halogens is 1. The predicted molar refractivity (Wildman–Crippen MR) is 85.9 cm³/mol. The second-order valence-corrected chi connectivity index (χ2v) is 6.57. The van der Waals surface area contributed by atoms with Crippen LogP contribution in [0.4, 0.5) is 0 Å². The van der Waals surface area contributed by atoms with Crippen molar-refractivity contribution in [2.75, 3.05) is 6.54 Å². The molecule has 2 aliphatic rings. The molecule has 20 heavy (non-hydrogen) atoms. The lowest BCUT2D eigenvalue weighted by Gasteiger charge is -2.29. The number of rotatable bonds is 6. The van der Waals surface area contributed by atoms with E-state index in [1.54, 1.807) is 0 Å². The minimum absolute atomic E-state index is 0. The van der Waals surface area contributed by atoms with Crippen molar-refractivity contribution in [1.82, 2.24) is 5.32 Å². The summed E-state index contributed by atoms with van der Waals surface area (Å²) in [6, 6.07) is 0.444. The van der Waals surface area contributed by atoms with E-state index in [2.05, 4.69) is 19.2 Å². The van der Waals surface area contributed by atoms with Crippen LogP contribution in [0.25, 0.3) is 0 Å². The molecule has 0 aromatic carbocycles. The van der Waals surface area contributed by atoms with E-state index in [9.17, 15) is 4.79 Å². The molecular weight excluding hydrogens is 272 g/mol. The summed E-state index contributed by atoms with van der Waals surface area (Å²) >= 11 is 0. The molecule has 2 aliphatic carbocycles. The lowest BCUT2D eigenvalue weighted by Crippen LogP contribution is -2.46. The lowest BCUT2D eigenvalue weighted by atomic mass is 9.81. The molecule has 3 nitrogen and oxygen atoms in total. The van der Waals surface area contributed by atoms with Crippen LogP contribution in [0, 0.1) is 17.3 Å². The second kappa shape index (κ2) is 7.65. The summed E-state index contributed by atoms with van der Waals surface area (Å²) in [6.45, 7) is 4.61. The van der Waals surface area contributed by atoms with Gasteiger partial charge in [-0.05, 0) is 31.1 Å². The van der Waals surface area contributed by atoms with Gasteiger partial charge in [-0.1, -0.05) is 46.0 Å². The highest BCUT2D eigenvalue weighted by atomic mass is 35.5. The zero-order valence-corrected chi connectivity index (χ0v) is 13.8. The number of hydrogen-bond donors (Lipinski definition) is 2. The molecule has 2 atom stereocenters. The van der Waals surface area contributed by atoms with Gasteiger partial charge in [0.05, 0.1) is 5.41 Å². The summed E-state index contributed by atoms with van der Waals surface area (Å²) < 4.78 is 0. The summed E-state index contributed by atoms with van der Waals surface area (Å²) in [7, 11) is 0. The van der Waals surface area contributed by atoms with Crippen molar-refractivity contribution in [3.05, 3.63) is 0 Å². The van der Waals surface area contributed by atoms with Gasteiger partial charge in [-0.15, -0.1) is 12.4 Å². The van der Waals surface area contributed by atoms with Crippen LogP contribution in [-0.4, -0.2) is 18.5 Å². The van der Waals surface area contributed by atoms with E-state index < -0.39 is 0 Å². The zero-order chi connectivity index (χ0) is 13.9. The Hall–Kier alpha value is -0.280. The Balaban J connectivity index is 0.00000200. The van der Waals surface area contributed by atoms with E-state index in [1.165, 1.54) is 38.5 Å².